The first-order chi connectivity index (χ1) is 12.9. The van der Waals surface area contributed by atoms with Crippen molar-refractivity contribution in [3.8, 4) is 0 Å². The van der Waals surface area contributed by atoms with E-state index >= 15 is 0 Å². The highest BCUT2D eigenvalue weighted by atomic mass is 16.5. The normalized spacial score (nSPS) is 21.2. The van der Waals surface area contributed by atoms with Crippen LogP contribution in [-0.2, 0) is 14.3 Å². The Hall–Kier alpha value is -2.41. The van der Waals surface area contributed by atoms with Gasteiger partial charge in [0.25, 0.3) is 5.91 Å². The first-order valence-corrected chi connectivity index (χ1v) is 9.54. The van der Waals surface area contributed by atoms with Gasteiger partial charge in [-0.15, -0.1) is 0 Å². The lowest BCUT2D eigenvalue weighted by Gasteiger charge is -2.23. The van der Waals surface area contributed by atoms with Gasteiger partial charge in [0.15, 0.2) is 0 Å². The molecular weight excluding hydrogens is 346 g/mol. The maximum atomic E-state index is 12.5. The van der Waals surface area contributed by atoms with Gasteiger partial charge >= 0.3 is 5.97 Å². The fourth-order valence-electron chi connectivity index (χ4n) is 3.74. The van der Waals surface area contributed by atoms with Crippen molar-refractivity contribution in [1.29, 1.82) is 0 Å². The lowest BCUT2D eigenvalue weighted by Crippen LogP contribution is -2.39. The molecule has 1 aromatic rings. The summed E-state index contributed by atoms with van der Waals surface area (Å²) in [5, 5.41) is 8.89. The van der Waals surface area contributed by atoms with E-state index in [-0.39, 0.29) is 29.8 Å². The van der Waals surface area contributed by atoms with Gasteiger partial charge in [-0.1, -0.05) is 0 Å². The van der Waals surface area contributed by atoms with Crippen LogP contribution in [0.4, 0.5) is 5.69 Å². The monoisotopic (exact) mass is 373 g/mol. The van der Waals surface area contributed by atoms with Crippen molar-refractivity contribution in [2.24, 2.45) is 11.3 Å². The molecule has 2 fully saturated rings. The second-order valence-corrected chi connectivity index (χ2v) is 7.38. The van der Waals surface area contributed by atoms with Crippen LogP contribution >= 0.6 is 0 Å². The Kier molecular flexibility index (Phi) is 5.79. The molecule has 3 N–H and O–H groups in total. The Labute approximate surface area is 159 Å². The number of carbonyl (C=O) groups is 3. The van der Waals surface area contributed by atoms with E-state index < -0.39 is 12.0 Å². The zero-order chi connectivity index (χ0) is 19.4. The fraction of sp³-hybridized carbons (Fsp3) is 0.550. The Morgan fingerprint density at radius 2 is 1.89 bits per heavy atom. The molecule has 0 radical (unpaired) electrons. The smallest absolute Gasteiger partial charge is 0.328 e. The largest absolute Gasteiger partial charge is 0.464 e. The highest BCUT2D eigenvalue weighted by molar-refractivity contribution is 5.98. The molecule has 1 saturated carbocycles. The molecule has 1 saturated heterocycles. The van der Waals surface area contributed by atoms with E-state index in [0.717, 1.165) is 32.4 Å². The Balaban J connectivity index is 1.52. The quantitative estimate of drug-likeness (QED) is 0.660. The average molecular weight is 373 g/mol. The SMILES string of the molecule is CCOC(=O)C(C)NC(=O)c1ccc(NC(=O)C2CC23CCNCC3)cc1. The second-order valence-electron chi connectivity index (χ2n) is 7.38. The number of benzene rings is 1. The summed E-state index contributed by atoms with van der Waals surface area (Å²) in [6.45, 7) is 5.53. The predicted molar refractivity (Wildman–Crippen MR) is 101 cm³/mol. The molecule has 1 aromatic carbocycles. The van der Waals surface area contributed by atoms with Crippen molar-refractivity contribution in [1.82, 2.24) is 10.6 Å². The number of anilines is 1. The lowest BCUT2D eigenvalue weighted by molar-refractivity contribution is -0.144. The number of ether oxygens (including phenoxy) is 1. The maximum Gasteiger partial charge on any atom is 0.328 e. The van der Waals surface area contributed by atoms with Gasteiger partial charge in [-0.25, -0.2) is 4.79 Å². The molecule has 3 rings (SSSR count). The molecule has 146 valence electrons. The first-order valence-electron chi connectivity index (χ1n) is 9.54. The van der Waals surface area contributed by atoms with Gasteiger partial charge in [0, 0.05) is 17.2 Å². The van der Waals surface area contributed by atoms with Gasteiger partial charge in [-0.05, 0) is 75.9 Å². The van der Waals surface area contributed by atoms with Gasteiger partial charge in [0.1, 0.15) is 6.04 Å². The van der Waals surface area contributed by atoms with Crippen molar-refractivity contribution >= 4 is 23.5 Å². The summed E-state index contributed by atoms with van der Waals surface area (Å²) in [6.07, 6.45) is 3.08. The standard InChI is InChI=1S/C20H27N3O4/c1-3-27-19(26)13(2)22-17(24)14-4-6-15(7-5-14)23-18(25)16-12-20(16)8-10-21-11-9-20/h4-7,13,16,21H,3,8-12H2,1-2H3,(H,22,24)(H,23,25). The molecule has 1 spiro atoms. The van der Waals surface area contributed by atoms with Crippen LogP contribution in [0.3, 0.4) is 0 Å². The molecule has 2 unspecified atom stereocenters. The number of piperidine rings is 1. The van der Waals surface area contributed by atoms with Crippen molar-refractivity contribution < 1.29 is 19.1 Å². The third kappa shape index (κ3) is 4.47. The summed E-state index contributed by atoms with van der Waals surface area (Å²) in [5.74, 6) is -0.673. The van der Waals surface area contributed by atoms with Crippen LogP contribution < -0.4 is 16.0 Å². The van der Waals surface area contributed by atoms with Gasteiger partial charge in [0.05, 0.1) is 6.61 Å². The molecule has 1 aliphatic carbocycles. The average Bonchev–Trinajstić information content (AvgIpc) is 3.36. The number of hydrogen-bond donors (Lipinski definition) is 3. The van der Waals surface area contributed by atoms with Crippen LogP contribution in [-0.4, -0.2) is 43.5 Å². The van der Waals surface area contributed by atoms with E-state index in [0.29, 0.717) is 11.3 Å². The third-order valence-electron chi connectivity index (χ3n) is 5.51. The summed E-state index contributed by atoms with van der Waals surface area (Å²) in [6, 6.07) is 5.97. The van der Waals surface area contributed by atoms with Gasteiger partial charge in [-0.3, -0.25) is 9.59 Å². The van der Waals surface area contributed by atoms with Crippen molar-refractivity contribution in [2.75, 3.05) is 25.0 Å². The van der Waals surface area contributed by atoms with Gasteiger partial charge < -0.3 is 20.7 Å². The predicted octanol–water partition coefficient (Wildman–Crippen LogP) is 1.70. The van der Waals surface area contributed by atoms with Crippen LogP contribution in [0.1, 0.15) is 43.5 Å². The molecule has 1 aliphatic heterocycles. The zero-order valence-corrected chi connectivity index (χ0v) is 15.8. The third-order valence-corrected chi connectivity index (χ3v) is 5.51. The van der Waals surface area contributed by atoms with Gasteiger partial charge in [-0.2, -0.15) is 0 Å². The molecule has 2 atom stereocenters. The second kappa shape index (κ2) is 8.08. The molecule has 27 heavy (non-hydrogen) atoms. The molecule has 0 aromatic heterocycles. The maximum absolute atomic E-state index is 12.5. The van der Waals surface area contributed by atoms with E-state index in [9.17, 15) is 14.4 Å². The fourth-order valence-corrected chi connectivity index (χ4v) is 3.74. The molecule has 2 amide bonds. The Bertz CT molecular complexity index is 710. The highest BCUT2D eigenvalue weighted by Crippen LogP contribution is 2.58. The zero-order valence-electron chi connectivity index (χ0n) is 15.8. The number of carbonyl (C=O) groups excluding carboxylic acids is 3. The first kappa shape index (κ1) is 19.4. The number of esters is 1. The molecule has 2 aliphatic rings. The van der Waals surface area contributed by atoms with E-state index in [1.807, 2.05) is 0 Å². The van der Waals surface area contributed by atoms with E-state index in [4.69, 9.17) is 4.74 Å². The Morgan fingerprint density at radius 3 is 2.52 bits per heavy atom. The van der Waals surface area contributed by atoms with Crippen molar-refractivity contribution in [2.45, 2.75) is 39.2 Å². The van der Waals surface area contributed by atoms with Crippen molar-refractivity contribution in [3.63, 3.8) is 0 Å². The topological polar surface area (TPSA) is 96.5 Å². The van der Waals surface area contributed by atoms with Crippen LogP contribution in [0.25, 0.3) is 0 Å². The van der Waals surface area contributed by atoms with E-state index in [2.05, 4.69) is 16.0 Å². The Morgan fingerprint density at radius 1 is 1.22 bits per heavy atom. The summed E-state index contributed by atoms with van der Waals surface area (Å²) in [7, 11) is 0. The van der Waals surface area contributed by atoms with Crippen LogP contribution in [0, 0.1) is 11.3 Å². The van der Waals surface area contributed by atoms with Crippen molar-refractivity contribution in [3.05, 3.63) is 29.8 Å². The summed E-state index contributed by atoms with van der Waals surface area (Å²) >= 11 is 0. The van der Waals surface area contributed by atoms with Gasteiger partial charge in [0.2, 0.25) is 5.91 Å². The number of amides is 2. The van der Waals surface area contributed by atoms with Crippen LogP contribution in [0.15, 0.2) is 24.3 Å². The molecule has 0 bridgehead atoms. The van der Waals surface area contributed by atoms with Crippen LogP contribution in [0.2, 0.25) is 0 Å². The lowest BCUT2D eigenvalue weighted by atomic mass is 9.92. The highest BCUT2D eigenvalue weighted by Gasteiger charge is 2.57. The molecule has 7 heteroatoms. The summed E-state index contributed by atoms with van der Waals surface area (Å²) in [4.78, 5) is 36.3. The summed E-state index contributed by atoms with van der Waals surface area (Å²) in [5.41, 5.74) is 1.29. The number of nitrogens with one attached hydrogen (secondary N) is 3. The minimum Gasteiger partial charge on any atom is -0.464 e. The number of rotatable bonds is 6. The minimum absolute atomic E-state index is 0.0602. The van der Waals surface area contributed by atoms with Crippen LogP contribution in [0.5, 0.6) is 0 Å². The summed E-state index contributed by atoms with van der Waals surface area (Å²) < 4.78 is 4.87. The van der Waals surface area contributed by atoms with E-state index in [1.165, 1.54) is 0 Å². The number of hydrogen-bond acceptors (Lipinski definition) is 5. The minimum atomic E-state index is -0.715. The molecule has 7 nitrogen and oxygen atoms in total. The molecular formula is C20H27N3O4. The molecule has 1 heterocycles. The van der Waals surface area contributed by atoms with E-state index in [1.54, 1.807) is 38.1 Å².